The third-order valence-corrected chi connectivity index (χ3v) is 3.29. The van der Waals surface area contributed by atoms with Crippen LogP contribution in [0.5, 0.6) is 0 Å². The highest BCUT2D eigenvalue weighted by molar-refractivity contribution is 5.95. The third-order valence-electron chi connectivity index (χ3n) is 3.29. The van der Waals surface area contributed by atoms with Crippen molar-refractivity contribution in [2.45, 2.75) is 44.7 Å². The molecule has 6 heteroatoms. The minimum absolute atomic E-state index is 0.265. The van der Waals surface area contributed by atoms with Crippen LogP contribution in [0.25, 0.3) is 0 Å². The maximum absolute atomic E-state index is 12.0. The largest absolute Gasteiger partial charge is 0.480 e. The molecule has 1 fully saturated rings. The Bertz CT molecular complexity index is 449. The van der Waals surface area contributed by atoms with Crippen LogP contribution in [0.3, 0.4) is 0 Å². The summed E-state index contributed by atoms with van der Waals surface area (Å²) in [5.74, 6) is -1.43. The van der Waals surface area contributed by atoms with E-state index in [4.69, 9.17) is 5.11 Å². The maximum Gasteiger partial charge on any atom is 0.325 e. The van der Waals surface area contributed by atoms with Crippen molar-refractivity contribution in [1.29, 1.82) is 0 Å². The number of nitrogens with zero attached hydrogens (tertiary/aromatic N) is 2. The second-order valence-electron chi connectivity index (χ2n) is 4.63. The number of carboxylic acids is 1. The third kappa shape index (κ3) is 2.52. The fraction of sp³-hybridized carbons (Fsp3) is 0.583. The Morgan fingerprint density at radius 1 is 1.50 bits per heavy atom. The molecule has 0 bridgehead atoms. The molecule has 1 aromatic heterocycles. The summed E-state index contributed by atoms with van der Waals surface area (Å²) in [4.78, 5) is 22.7. The lowest BCUT2D eigenvalue weighted by molar-refractivity contribution is -0.138. The number of aromatic nitrogens is 2. The average molecular weight is 251 g/mol. The summed E-state index contributed by atoms with van der Waals surface area (Å²) in [6.07, 6.45) is 5.93. The molecule has 98 valence electrons. The normalized spacial score (nSPS) is 17.6. The molecule has 6 nitrogen and oxygen atoms in total. The number of carboxylic acid groups (broad SMARTS) is 1. The molecule has 1 aromatic rings. The molecular formula is C12H17N3O3. The van der Waals surface area contributed by atoms with Crippen molar-refractivity contribution >= 4 is 11.9 Å². The molecular weight excluding hydrogens is 234 g/mol. The number of aliphatic carboxylic acids is 1. The van der Waals surface area contributed by atoms with Crippen LogP contribution in [0.4, 0.5) is 0 Å². The Labute approximate surface area is 105 Å². The molecule has 1 saturated carbocycles. The molecule has 1 heterocycles. The summed E-state index contributed by atoms with van der Waals surface area (Å²) < 4.78 is 1.72. The fourth-order valence-corrected chi connectivity index (χ4v) is 2.27. The molecule has 0 saturated heterocycles. The van der Waals surface area contributed by atoms with Gasteiger partial charge in [-0.1, -0.05) is 12.8 Å². The highest BCUT2D eigenvalue weighted by atomic mass is 16.4. The van der Waals surface area contributed by atoms with Crippen LogP contribution in [-0.4, -0.2) is 32.8 Å². The lowest BCUT2D eigenvalue weighted by Gasteiger charge is -2.15. The molecule has 18 heavy (non-hydrogen) atoms. The minimum Gasteiger partial charge on any atom is -0.480 e. The SMILES string of the molecule is CC(NC(=O)c1ccnn1C1CCCC1)C(=O)O. The topological polar surface area (TPSA) is 84.2 Å². The molecule has 1 aliphatic rings. The number of carbonyl (C=O) groups is 2. The van der Waals surface area contributed by atoms with Crippen LogP contribution >= 0.6 is 0 Å². The zero-order valence-corrected chi connectivity index (χ0v) is 10.3. The monoisotopic (exact) mass is 251 g/mol. The number of nitrogens with one attached hydrogen (secondary N) is 1. The summed E-state index contributed by atoms with van der Waals surface area (Å²) in [5.41, 5.74) is 0.440. The van der Waals surface area contributed by atoms with Gasteiger partial charge in [0, 0.05) is 6.20 Å². The number of amides is 1. The first-order chi connectivity index (χ1) is 8.59. The Morgan fingerprint density at radius 2 is 2.17 bits per heavy atom. The van der Waals surface area contributed by atoms with E-state index in [0.29, 0.717) is 5.69 Å². The van der Waals surface area contributed by atoms with E-state index in [0.717, 1.165) is 25.7 Å². The van der Waals surface area contributed by atoms with Crippen molar-refractivity contribution in [2.75, 3.05) is 0 Å². The number of carbonyl (C=O) groups excluding carboxylic acids is 1. The Kier molecular flexibility index (Phi) is 3.64. The van der Waals surface area contributed by atoms with Crippen LogP contribution in [0.2, 0.25) is 0 Å². The molecule has 1 amide bonds. The van der Waals surface area contributed by atoms with Gasteiger partial charge in [-0.15, -0.1) is 0 Å². The summed E-state index contributed by atoms with van der Waals surface area (Å²) in [7, 11) is 0. The van der Waals surface area contributed by atoms with Gasteiger partial charge in [-0.3, -0.25) is 14.3 Å². The number of rotatable bonds is 4. The molecule has 1 atom stereocenters. The van der Waals surface area contributed by atoms with Gasteiger partial charge in [-0.25, -0.2) is 0 Å². The van der Waals surface area contributed by atoms with Gasteiger partial charge in [0.15, 0.2) is 0 Å². The predicted octanol–water partition coefficient (Wildman–Crippen LogP) is 1.20. The molecule has 2 N–H and O–H groups in total. The molecule has 0 spiro atoms. The van der Waals surface area contributed by atoms with Crippen LogP contribution in [0.15, 0.2) is 12.3 Å². The van der Waals surface area contributed by atoms with Crippen molar-refractivity contribution in [3.05, 3.63) is 18.0 Å². The first-order valence-electron chi connectivity index (χ1n) is 6.17. The quantitative estimate of drug-likeness (QED) is 0.842. The Hall–Kier alpha value is -1.85. The van der Waals surface area contributed by atoms with Crippen LogP contribution in [0, 0.1) is 0 Å². The number of hydrogen-bond acceptors (Lipinski definition) is 3. The van der Waals surface area contributed by atoms with E-state index in [1.165, 1.54) is 6.92 Å². The molecule has 1 aliphatic carbocycles. The van der Waals surface area contributed by atoms with E-state index in [1.807, 2.05) is 0 Å². The molecule has 1 unspecified atom stereocenters. The first kappa shape index (κ1) is 12.6. The average Bonchev–Trinajstić information content (AvgIpc) is 2.99. The summed E-state index contributed by atoms with van der Waals surface area (Å²) in [6, 6.07) is 0.993. The van der Waals surface area contributed by atoms with Gasteiger partial charge in [0.25, 0.3) is 5.91 Å². The van der Waals surface area contributed by atoms with Gasteiger partial charge in [0.1, 0.15) is 11.7 Å². The van der Waals surface area contributed by atoms with Crippen molar-refractivity contribution in [2.24, 2.45) is 0 Å². The van der Waals surface area contributed by atoms with Crippen LogP contribution < -0.4 is 5.32 Å². The first-order valence-corrected chi connectivity index (χ1v) is 6.17. The molecule has 0 aromatic carbocycles. The van der Waals surface area contributed by atoms with E-state index in [9.17, 15) is 9.59 Å². The Balaban J connectivity index is 2.10. The van der Waals surface area contributed by atoms with Crippen LogP contribution in [-0.2, 0) is 4.79 Å². The second kappa shape index (κ2) is 5.20. The summed E-state index contributed by atoms with van der Waals surface area (Å²) in [5, 5.41) is 15.4. The zero-order valence-electron chi connectivity index (χ0n) is 10.3. The molecule has 2 rings (SSSR count). The lowest BCUT2D eigenvalue weighted by Crippen LogP contribution is -2.39. The number of hydrogen-bond donors (Lipinski definition) is 2. The van der Waals surface area contributed by atoms with Crippen molar-refractivity contribution in [3.8, 4) is 0 Å². The van der Waals surface area contributed by atoms with Gasteiger partial charge in [-0.05, 0) is 25.8 Å². The zero-order chi connectivity index (χ0) is 13.1. The van der Waals surface area contributed by atoms with E-state index in [2.05, 4.69) is 10.4 Å². The van der Waals surface area contributed by atoms with Crippen molar-refractivity contribution < 1.29 is 14.7 Å². The van der Waals surface area contributed by atoms with E-state index in [1.54, 1.807) is 16.9 Å². The Morgan fingerprint density at radius 3 is 2.78 bits per heavy atom. The highest BCUT2D eigenvalue weighted by Crippen LogP contribution is 2.29. The lowest BCUT2D eigenvalue weighted by atomic mass is 10.2. The smallest absolute Gasteiger partial charge is 0.325 e. The predicted molar refractivity (Wildman–Crippen MR) is 64.3 cm³/mol. The van der Waals surface area contributed by atoms with Gasteiger partial charge in [-0.2, -0.15) is 5.10 Å². The summed E-state index contributed by atoms with van der Waals surface area (Å²) in [6.45, 7) is 1.44. The summed E-state index contributed by atoms with van der Waals surface area (Å²) >= 11 is 0. The van der Waals surface area contributed by atoms with E-state index < -0.39 is 12.0 Å². The fourth-order valence-electron chi connectivity index (χ4n) is 2.27. The maximum atomic E-state index is 12.0. The van der Waals surface area contributed by atoms with Crippen molar-refractivity contribution in [3.63, 3.8) is 0 Å². The van der Waals surface area contributed by atoms with Gasteiger partial charge >= 0.3 is 5.97 Å². The standard InChI is InChI=1S/C12H17N3O3/c1-8(12(17)18)14-11(16)10-6-7-13-15(10)9-4-2-3-5-9/h6-9H,2-5H2,1H3,(H,14,16)(H,17,18). The van der Waals surface area contributed by atoms with Gasteiger partial charge < -0.3 is 10.4 Å². The molecule has 0 radical (unpaired) electrons. The van der Waals surface area contributed by atoms with Gasteiger partial charge in [0.2, 0.25) is 0 Å². The minimum atomic E-state index is -1.05. The molecule has 0 aliphatic heterocycles. The van der Waals surface area contributed by atoms with Gasteiger partial charge in [0.05, 0.1) is 6.04 Å². The highest BCUT2D eigenvalue weighted by Gasteiger charge is 2.24. The van der Waals surface area contributed by atoms with E-state index in [-0.39, 0.29) is 11.9 Å². The van der Waals surface area contributed by atoms with Crippen LogP contribution in [0.1, 0.15) is 49.1 Å². The van der Waals surface area contributed by atoms with E-state index >= 15 is 0 Å². The second-order valence-corrected chi connectivity index (χ2v) is 4.63. The van der Waals surface area contributed by atoms with Crippen molar-refractivity contribution in [1.82, 2.24) is 15.1 Å².